The van der Waals surface area contributed by atoms with Gasteiger partial charge in [0.25, 0.3) is 0 Å². The number of halogens is 1. The monoisotopic (exact) mass is 289 g/mol. The maximum absolute atomic E-state index is 4.98. The topological polar surface area (TPSA) is 21.3 Å². The van der Waals surface area contributed by atoms with Crippen LogP contribution in [0.5, 0.6) is 0 Å². The largest absolute Gasteiger partial charge is 0.384 e. The molecule has 0 heterocycles. The lowest BCUT2D eigenvalue weighted by Crippen LogP contribution is -2.05. The molecule has 0 radical (unpaired) electrons. The zero-order valence-corrected chi connectivity index (χ0v) is 11.2. The Hall–Kier alpha value is -0.190. The molecular formula is C11H16BrNOS. The minimum atomic E-state index is 0.833. The van der Waals surface area contributed by atoms with Crippen LogP contribution in [0.15, 0.2) is 28.7 Å². The zero-order chi connectivity index (χ0) is 10.9. The number of hydrogen-bond donors (Lipinski definition) is 1. The van der Waals surface area contributed by atoms with Crippen molar-refractivity contribution in [2.45, 2.75) is 0 Å². The molecule has 84 valence electrons. The molecule has 0 unspecified atom stereocenters. The summed E-state index contributed by atoms with van der Waals surface area (Å²) in [7, 11) is 1.74. The first-order valence-electron chi connectivity index (χ1n) is 4.89. The van der Waals surface area contributed by atoms with Crippen molar-refractivity contribution in [2.75, 3.05) is 37.1 Å². The van der Waals surface area contributed by atoms with E-state index in [1.165, 1.54) is 0 Å². The van der Waals surface area contributed by atoms with Gasteiger partial charge in [-0.3, -0.25) is 0 Å². The van der Waals surface area contributed by atoms with E-state index in [2.05, 4.69) is 27.3 Å². The average molecular weight is 290 g/mol. The highest BCUT2D eigenvalue weighted by Gasteiger charge is 1.96. The van der Waals surface area contributed by atoms with Crippen LogP contribution in [0.3, 0.4) is 0 Å². The quantitative estimate of drug-likeness (QED) is 0.779. The van der Waals surface area contributed by atoms with E-state index in [1.54, 1.807) is 7.11 Å². The summed E-state index contributed by atoms with van der Waals surface area (Å²) in [5, 5.41) is 3.38. The van der Waals surface area contributed by atoms with Crippen LogP contribution < -0.4 is 5.32 Å². The highest BCUT2D eigenvalue weighted by atomic mass is 79.9. The Morgan fingerprint density at radius 2 is 2.13 bits per heavy atom. The van der Waals surface area contributed by atoms with Gasteiger partial charge in [-0.25, -0.2) is 0 Å². The molecule has 0 saturated carbocycles. The van der Waals surface area contributed by atoms with Crippen LogP contribution in [-0.4, -0.2) is 31.8 Å². The highest BCUT2D eigenvalue weighted by Crippen LogP contribution is 2.20. The molecule has 0 aliphatic rings. The molecule has 1 rings (SSSR count). The smallest absolute Gasteiger partial charge is 0.0552 e. The van der Waals surface area contributed by atoms with Crippen LogP contribution in [0.1, 0.15) is 0 Å². The number of ether oxygens (including phenoxy) is 1. The lowest BCUT2D eigenvalue weighted by molar-refractivity contribution is 0.218. The van der Waals surface area contributed by atoms with E-state index in [-0.39, 0.29) is 0 Å². The number of thioether (sulfide) groups is 1. The van der Waals surface area contributed by atoms with Gasteiger partial charge < -0.3 is 10.1 Å². The van der Waals surface area contributed by atoms with E-state index in [9.17, 15) is 0 Å². The minimum Gasteiger partial charge on any atom is -0.384 e. The Morgan fingerprint density at radius 3 is 2.87 bits per heavy atom. The van der Waals surface area contributed by atoms with Gasteiger partial charge in [-0.05, 0) is 28.1 Å². The van der Waals surface area contributed by atoms with Gasteiger partial charge in [0.05, 0.1) is 6.61 Å². The molecule has 0 aliphatic heterocycles. The first-order valence-corrected chi connectivity index (χ1v) is 6.84. The third-order valence-electron chi connectivity index (χ3n) is 1.87. The van der Waals surface area contributed by atoms with Crippen molar-refractivity contribution in [3.05, 3.63) is 28.7 Å². The molecule has 0 spiro atoms. The fraction of sp³-hybridized carbons (Fsp3) is 0.455. The van der Waals surface area contributed by atoms with Gasteiger partial charge in [0.2, 0.25) is 0 Å². The molecule has 2 nitrogen and oxygen atoms in total. The van der Waals surface area contributed by atoms with Gasteiger partial charge in [-0.2, -0.15) is 11.8 Å². The number of nitrogens with one attached hydrogen (secondary N) is 1. The molecule has 0 atom stereocenters. The molecule has 0 saturated heterocycles. The van der Waals surface area contributed by atoms with Crippen LogP contribution >= 0.6 is 27.7 Å². The van der Waals surface area contributed by atoms with Gasteiger partial charge in [-0.15, -0.1) is 0 Å². The molecule has 1 aromatic carbocycles. The zero-order valence-electron chi connectivity index (χ0n) is 8.83. The third kappa shape index (κ3) is 5.44. The van der Waals surface area contributed by atoms with Gasteiger partial charge in [0.15, 0.2) is 0 Å². The van der Waals surface area contributed by atoms with Gasteiger partial charge in [0.1, 0.15) is 0 Å². The molecule has 0 amide bonds. The lowest BCUT2D eigenvalue weighted by Gasteiger charge is -2.07. The van der Waals surface area contributed by atoms with Crippen molar-refractivity contribution in [1.29, 1.82) is 0 Å². The van der Waals surface area contributed by atoms with Gasteiger partial charge >= 0.3 is 0 Å². The summed E-state index contributed by atoms with van der Waals surface area (Å²) in [6, 6.07) is 8.16. The summed E-state index contributed by atoms with van der Waals surface area (Å²) in [5.41, 5.74) is 1.16. The van der Waals surface area contributed by atoms with Crippen molar-refractivity contribution in [3.8, 4) is 0 Å². The second kappa shape index (κ2) is 8.02. The number of rotatable bonds is 7. The predicted octanol–water partition coefficient (Wildman–Crippen LogP) is 3.24. The molecule has 0 aliphatic carbocycles. The highest BCUT2D eigenvalue weighted by molar-refractivity contribution is 9.10. The van der Waals surface area contributed by atoms with Gasteiger partial charge in [-0.1, -0.05) is 12.1 Å². The summed E-state index contributed by atoms with van der Waals surface area (Å²) >= 11 is 5.40. The summed E-state index contributed by atoms with van der Waals surface area (Å²) in [6.45, 7) is 1.82. The van der Waals surface area contributed by atoms with E-state index < -0.39 is 0 Å². The first-order chi connectivity index (χ1) is 7.34. The van der Waals surface area contributed by atoms with Crippen molar-refractivity contribution in [2.24, 2.45) is 0 Å². The van der Waals surface area contributed by atoms with E-state index in [4.69, 9.17) is 4.74 Å². The minimum absolute atomic E-state index is 0.833. The Balaban J connectivity index is 2.12. The third-order valence-corrected chi connectivity index (χ3v) is 3.51. The second-order valence-electron chi connectivity index (χ2n) is 3.01. The van der Waals surface area contributed by atoms with Crippen LogP contribution in [0.25, 0.3) is 0 Å². The van der Waals surface area contributed by atoms with Crippen molar-refractivity contribution in [3.63, 3.8) is 0 Å². The summed E-state index contributed by atoms with van der Waals surface area (Å²) in [6.07, 6.45) is 0. The van der Waals surface area contributed by atoms with Crippen LogP contribution in [0.2, 0.25) is 0 Å². The fourth-order valence-corrected chi connectivity index (χ4v) is 2.27. The summed E-state index contributed by atoms with van der Waals surface area (Å²) < 4.78 is 6.09. The van der Waals surface area contributed by atoms with Crippen molar-refractivity contribution < 1.29 is 4.74 Å². The number of benzene rings is 1. The summed E-state index contributed by atoms with van der Waals surface area (Å²) in [5.74, 6) is 2.17. The number of anilines is 1. The van der Waals surface area contributed by atoms with Crippen LogP contribution in [0, 0.1) is 0 Å². The standard InChI is InChI=1S/C11H16BrNOS/c1-14-7-9-15-8-6-13-11-5-3-2-4-10(11)12/h2-5,13H,6-9H2,1H3. The Labute approximate surface area is 104 Å². The maximum Gasteiger partial charge on any atom is 0.0552 e. The lowest BCUT2D eigenvalue weighted by atomic mass is 10.3. The maximum atomic E-state index is 4.98. The fourth-order valence-electron chi connectivity index (χ4n) is 1.11. The SMILES string of the molecule is COCCSCCNc1ccccc1Br. The molecule has 1 aromatic rings. The Kier molecular flexibility index (Phi) is 6.88. The van der Waals surface area contributed by atoms with E-state index in [0.717, 1.165) is 34.8 Å². The Morgan fingerprint density at radius 1 is 1.33 bits per heavy atom. The molecule has 15 heavy (non-hydrogen) atoms. The summed E-state index contributed by atoms with van der Waals surface area (Å²) in [4.78, 5) is 0. The normalized spacial score (nSPS) is 10.3. The second-order valence-corrected chi connectivity index (χ2v) is 5.09. The number of methoxy groups -OCH3 is 1. The van der Waals surface area contributed by atoms with E-state index >= 15 is 0 Å². The molecule has 4 heteroatoms. The van der Waals surface area contributed by atoms with Crippen molar-refractivity contribution in [1.82, 2.24) is 0 Å². The molecule has 0 aromatic heterocycles. The molecule has 1 N–H and O–H groups in total. The van der Waals surface area contributed by atoms with Crippen LogP contribution in [0.4, 0.5) is 5.69 Å². The van der Waals surface area contributed by atoms with E-state index in [1.807, 2.05) is 30.0 Å². The van der Waals surface area contributed by atoms with Gasteiger partial charge in [0, 0.05) is 35.3 Å². The Bertz CT molecular complexity index is 283. The predicted molar refractivity (Wildman–Crippen MR) is 71.8 cm³/mol. The van der Waals surface area contributed by atoms with Crippen LogP contribution in [-0.2, 0) is 4.74 Å². The molecule has 0 fully saturated rings. The first kappa shape index (κ1) is 12.9. The number of hydrogen-bond acceptors (Lipinski definition) is 3. The average Bonchev–Trinajstić information content (AvgIpc) is 2.25. The van der Waals surface area contributed by atoms with Crippen molar-refractivity contribution >= 4 is 33.4 Å². The molecular weight excluding hydrogens is 274 g/mol. The number of para-hydroxylation sites is 1. The molecule has 0 bridgehead atoms. The van der Waals surface area contributed by atoms with E-state index in [0.29, 0.717) is 0 Å².